The van der Waals surface area contributed by atoms with Crippen molar-refractivity contribution >= 4 is 15.9 Å². The van der Waals surface area contributed by atoms with Gasteiger partial charge in [-0.2, -0.15) is 0 Å². The molecule has 0 aliphatic heterocycles. The van der Waals surface area contributed by atoms with Crippen molar-refractivity contribution in [1.82, 2.24) is 10.6 Å². The lowest BCUT2D eigenvalue weighted by atomic mass is 9.83. The Morgan fingerprint density at radius 1 is 1.04 bits per heavy atom. The largest absolute Gasteiger partial charge is 0.336 e. The Hall–Kier alpha value is -0.780. The maximum Gasteiger partial charge on any atom is 0.315 e. The zero-order valence-electron chi connectivity index (χ0n) is 16.1. The van der Waals surface area contributed by atoms with E-state index in [1.807, 2.05) is 34.6 Å². The average molecular weight is 361 g/mol. The second kappa shape index (κ2) is 8.54. The highest BCUT2D eigenvalue weighted by Gasteiger charge is 2.46. The van der Waals surface area contributed by atoms with Crippen molar-refractivity contribution in [3.63, 3.8) is 0 Å². The summed E-state index contributed by atoms with van der Waals surface area (Å²) in [7, 11) is -3.31. The standard InChI is InChI=1S/C18H36N2O3S/c1-6-18(7-2,8-3)24(22,23)14-17(12-10-9-11-13-17)20-16(21)19-15(4)5/h15H,6-14H2,1-5H3,(H2,19,20,21). The van der Waals surface area contributed by atoms with Crippen LogP contribution < -0.4 is 10.6 Å². The minimum atomic E-state index is -3.31. The summed E-state index contributed by atoms with van der Waals surface area (Å²) in [4.78, 5) is 12.3. The minimum absolute atomic E-state index is 0.0308. The predicted octanol–water partition coefficient (Wildman–Crippen LogP) is 3.78. The van der Waals surface area contributed by atoms with Gasteiger partial charge in [-0.05, 0) is 46.0 Å². The molecule has 1 aliphatic rings. The first-order chi connectivity index (χ1) is 11.2. The second-order valence-corrected chi connectivity index (χ2v) is 9.98. The lowest BCUT2D eigenvalue weighted by Gasteiger charge is -2.41. The maximum atomic E-state index is 13.3. The van der Waals surface area contributed by atoms with Crippen LogP contribution in [0.3, 0.4) is 0 Å². The highest BCUT2D eigenvalue weighted by atomic mass is 32.2. The summed E-state index contributed by atoms with van der Waals surface area (Å²) in [5.74, 6) is 0.0566. The summed E-state index contributed by atoms with van der Waals surface area (Å²) in [5, 5.41) is 5.87. The first-order valence-electron chi connectivity index (χ1n) is 9.47. The molecule has 2 N–H and O–H groups in total. The van der Waals surface area contributed by atoms with Gasteiger partial charge in [-0.25, -0.2) is 13.2 Å². The van der Waals surface area contributed by atoms with E-state index in [4.69, 9.17) is 0 Å². The maximum absolute atomic E-state index is 13.3. The lowest BCUT2D eigenvalue weighted by molar-refractivity contribution is 0.209. The zero-order chi connectivity index (χ0) is 18.4. The van der Waals surface area contributed by atoms with Crippen LogP contribution >= 0.6 is 0 Å². The Kier molecular flexibility index (Phi) is 7.57. The number of hydrogen-bond acceptors (Lipinski definition) is 3. The smallest absolute Gasteiger partial charge is 0.315 e. The van der Waals surface area contributed by atoms with Crippen molar-refractivity contribution < 1.29 is 13.2 Å². The normalized spacial score (nSPS) is 18.4. The van der Waals surface area contributed by atoms with Crippen LogP contribution in [-0.4, -0.2) is 36.5 Å². The summed E-state index contributed by atoms with van der Waals surface area (Å²) >= 11 is 0. The summed E-state index contributed by atoms with van der Waals surface area (Å²) < 4.78 is 25.8. The van der Waals surface area contributed by atoms with Crippen LogP contribution in [0.4, 0.5) is 4.79 Å². The molecule has 6 heteroatoms. The SMILES string of the molecule is CCC(CC)(CC)S(=O)(=O)CC1(NC(=O)NC(C)C)CCCCC1. The third-order valence-corrected chi connectivity index (χ3v) is 8.79. The molecular weight excluding hydrogens is 324 g/mol. The van der Waals surface area contributed by atoms with Crippen LogP contribution in [0.2, 0.25) is 0 Å². The summed E-state index contributed by atoms with van der Waals surface area (Å²) in [6.45, 7) is 9.67. The van der Waals surface area contributed by atoms with Crippen molar-refractivity contribution in [3.8, 4) is 0 Å². The van der Waals surface area contributed by atoms with Crippen LogP contribution in [0.1, 0.15) is 86.0 Å². The Labute approximate surface area is 148 Å². The molecule has 1 fully saturated rings. The van der Waals surface area contributed by atoms with E-state index in [9.17, 15) is 13.2 Å². The molecule has 5 nitrogen and oxygen atoms in total. The van der Waals surface area contributed by atoms with Gasteiger partial charge in [-0.15, -0.1) is 0 Å². The highest BCUT2D eigenvalue weighted by Crippen LogP contribution is 2.36. The van der Waals surface area contributed by atoms with E-state index in [2.05, 4.69) is 10.6 Å². The van der Waals surface area contributed by atoms with Gasteiger partial charge in [0.25, 0.3) is 0 Å². The third-order valence-electron chi connectivity index (χ3n) is 5.67. The number of hydrogen-bond donors (Lipinski definition) is 2. The fourth-order valence-electron chi connectivity index (χ4n) is 4.00. The van der Waals surface area contributed by atoms with Crippen molar-refractivity contribution in [2.45, 2.75) is 102 Å². The van der Waals surface area contributed by atoms with Gasteiger partial charge in [-0.1, -0.05) is 40.0 Å². The number of rotatable bonds is 8. The lowest BCUT2D eigenvalue weighted by Crippen LogP contribution is -2.59. The average Bonchev–Trinajstić information content (AvgIpc) is 2.48. The van der Waals surface area contributed by atoms with E-state index in [0.717, 1.165) is 32.1 Å². The molecule has 0 aromatic rings. The molecule has 0 unspecified atom stereocenters. The molecule has 0 aromatic heterocycles. The number of amides is 2. The van der Waals surface area contributed by atoms with Crippen molar-refractivity contribution in [1.29, 1.82) is 0 Å². The van der Waals surface area contributed by atoms with E-state index in [1.54, 1.807) is 0 Å². The number of carbonyl (C=O) groups excluding carboxylic acids is 1. The van der Waals surface area contributed by atoms with Crippen molar-refractivity contribution in [2.24, 2.45) is 0 Å². The molecule has 0 radical (unpaired) electrons. The molecule has 0 atom stereocenters. The molecule has 0 aromatic carbocycles. The second-order valence-electron chi connectivity index (χ2n) is 7.60. The minimum Gasteiger partial charge on any atom is -0.336 e. The number of urea groups is 1. The molecule has 1 aliphatic carbocycles. The quantitative estimate of drug-likeness (QED) is 0.691. The van der Waals surface area contributed by atoms with Crippen molar-refractivity contribution in [3.05, 3.63) is 0 Å². The zero-order valence-corrected chi connectivity index (χ0v) is 16.9. The molecule has 0 heterocycles. The Morgan fingerprint density at radius 2 is 1.54 bits per heavy atom. The molecular formula is C18H36N2O3S. The van der Waals surface area contributed by atoms with Crippen LogP contribution in [0.15, 0.2) is 0 Å². The van der Waals surface area contributed by atoms with Crippen LogP contribution in [0.5, 0.6) is 0 Å². The molecule has 1 saturated carbocycles. The number of sulfone groups is 1. The van der Waals surface area contributed by atoms with Gasteiger partial charge < -0.3 is 10.6 Å². The van der Waals surface area contributed by atoms with Crippen LogP contribution in [0.25, 0.3) is 0 Å². The molecule has 0 saturated heterocycles. The molecule has 142 valence electrons. The van der Waals surface area contributed by atoms with E-state index in [-0.39, 0.29) is 17.8 Å². The topological polar surface area (TPSA) is 75.3 Å². The summed E-state index contributed by atoms with van der Waals surface area (Å²) in [6.07, 6.45) is 6.39. The molecule has 0 bridgehead atoms. The molecule has 24 heavy (non-hydrogen) atoms. The Morgan fingerprint density at radius 3 is 1.96 bits per heavy atom. The van der Waals surface area contributed by atoms with E-state index >= 15 is 0 Å². The Balaban J connectivity index is 3.06. The first-order valence-corrected chi connectivity index (χ1v) is 11.1. The fraction of sp³-hybridized carbons (Fsp3) is 0.944. The third kappa shape index (κ3) is 4.87. The highest BCUT2D eigenvalue weighted by molar-refractivity contribution is 7.92. The molecule has 0 spiro atoms. The van der Waals surface area contributed by atoms with E-state index in [0.29, 0.717) is 19.3 Å². The van der Waals surface area contributed by atoms with Crippen LogP contribution in [0, 0.1) is 0 Å². The fourth-order valence-corrected chi connectivity index (χ4v) is 6.71. The first kappa shape index (κ1) is 21.3. The van der Waals surface area contributed by atoms with Gasteiger partial charge in [-0.3, -0.25) is 0 Å². The molecule has 1 rings (SSSR count). The monoisotopic (exact) mass is 360 g/mol. The van der Waals surface area contributed by atoms with Crippen LogP contribution in [-0.2, 0) is 9.84 Å². The number of carbonyl (C=O) groups is 1. The van der Waals surface area contributed by atoms with Gasteiger partial charge in [0.15, 0.2) is 9.84 Å². The Bertz CT molecular complexity index is 496. The van der Waals surface area contributed by atoms with Gasteiger partial charge >= 0.3 is 6.03 Å². The molecule has 2 amide bonds. The van der Waals surface area contributed by atoms with Crippen molar-refractivity contribution in [2.75, 3.05) is 5.75 Å². The predicted molar refractivity (Wildman–Crippen MR) is 100 cm³/mol. The summed E-state index contributed by atoms with van der Waals surface area (Å²) in [6, 6.07) is -0.222. The van der Waals surface area contributed by atoms with E-state index < -0.39 is 20.1 Å². The van der Waals surface area contributed by atoms with E-state index in [1.165, 1.54) is 0 Å². The summed E-state index contributed by atoms with van der Waals surface area (Å²) in [5.41, 5.74) is -0.624. The van der Waals surface area contributed by atoms with Gasteiger partial charge in [0.05, 0.1) is 16.0 Å². The van der Waals surface area contributed by atoms with Gasteiger partial charge in [0, 0.05) is 6.04 Å². The van der Waals surface area contributed by atoms with Gasteiger partial charge in [0.1, 0.15) is 0 Å². The number of nitrogens with one attached hydrogen (secondary N) is 2. The van der Waals surface area contributed by atoms with Gasteiger partial charge in [0.2, 0.25) is 0 Å².